The fourth-order valence-electron chi connectivity index (χ4n) is 4.46. The number of amides is 1. The van der Waals surface area contributed by atoms with E-state index in [2.05, 4.69) is 35.8 Å². The molecule has 0 spiro atoms. The van der Waals surface area contributed by atoms with Crippen LogP contribution in [0.15, 0.2) is 63.2 Å². The summed E-state index contributed by atoms with van der Waals surface area (Å²) in [5.41, 5.74) is 5.20. The molecule has 3 N–H and O–H groups in total. The second kappa shape index (κ2) is 11.3. The van der Waals surface area contributed by atoms with Crippen molar-refractivity contribution in [3.63, 3.8) is 0 Å². The number of anilines is 3. The topological polar surface area (TPSA) is 78.4 Å². The Kier molecular flexibility index (Phi) is 8.43. The number of phenolic OH excluding ortho intramolecular Hbond substituents is 1. The third-order valence-electron chi connectivity index (χ3n) is 6.70. The maximum Gasteiger partial charge on any atom is 0.224 e. The van der Waals surface area contributed by atoms with E-state index in [1.54, 1.807) is 11.8 Å². The number of fused-ring (bicyclic) bond motifs is 2. The van der Waals surface area contributed by atoms with Gasteiger partial charge in [0, 0.05) is 44.3 Å². The van der Waals surface area contributed by atoms with Gasteiger partial charge in [0.2, 0.25) is 5.91 Å². The van der Waals surface area contributed by atoms with Gasteiger partial charge in [0.05, 0.1) is 11.4 Å². The van der Waals surface area contributed by atoms with Gasteiger partial charge in [0.1, 0.15) is 5.75 Å². The van der Waals surface area contributed by atoms with E-state index in [9.17, 15) is 14.7 Å². The minimum Gasteiger partial charge on any atom is -0.507 e. The van der Waals surface area contributed by atoms with Crippen LogP contribution in [0.5, 0.6) is 5.75 Å². The molecule has 0 atom stereocenters. The Bertz CT molecular complexity index is 1380. The second-order valence-corrected chi connectivity index (χ2v) is 14.2. The van der Waals surface area contributed by atoms with Crippen molar-refractivity contribution in [1.82, 2.24) is 0 Å². The molecule has 5 nitrogen and oxygen atoms in total. The van der Waals surface area contributed by atoms with Gasteiger partial charge < -0.3 is 15.7 Å². The maximum atomic E-state index is 12.8. The molecule has 4 rings (SSSR count). The SMILES string of the molecule is CCc1ccc2c(c1)Sc1cc(NC(=O)CCC(=O)Sc3cc(C(C)(C)C)c(O)c(C(C)(C)C)c3)ccc1N2. The van der Waals surface area contributed by atoms with Crippen LogP contribution in [0.2, 0.25) is 0 Å². The van der Waals surface area contributed by atoms with Crippen LogP contribution in [0, 0.1) is 0 Å². The molecule has 0 aromatic heterocycles. The van der Waals surface area contributed by atoms with Crippen molar-refractivity contribution in [3.05, 3.63) is 65.2 Å². The summed E-state index contributed by atoms with van der Waals surface area (Å²) in [6, 6.07) is 16.1. The van der Waals surface area contributed by atoms with Crippen LogP contribution in [-0.2, 0) is 26.8 Å². The molecule has 3 aromatic rings. The number of aryl methyl sites for hydroxylation is 1. The minimum atomic E-state index is -0.271. The van der Waals surface area contributed by atoms with Gasteiger partial charge in [-0.25, -0.2) is 0 Å². The Morgan fingerprint density at radius 3 is 2.05 bits per heavy atom. The third-order valence-corrected chi connectivity index (χ3v) is 8.71. The highest BCUT2D eigenvalue weighted by molar-refractivity contribution is 8.13. The molecule has 0 fully saturated rings. The first-order chi connectivity index (χ1) is 18.2. The molecular weight excluding hydrogens is 524 g/mol. The first-order valence-electron chi connectivity index (χ1n) is 13.3. The Labute approximate surface area is 240 Å². The summed E-state index contributed by atoms with van der Waals surface area (Å²) in [5.74, 6) is 0.0988. The first-order valence-corrected chi connectivity index (χ1v) is 15.0. The van der Waals surface area contributed by atoms with Crippen LogP contribution < -0.4 is 10.6 Å². The molecular formula is C32H38N2O3S2. The monoisotopic (exact) mass is 562 g/mol. The Balaban J connectivity index is 1.38. The quantitative estimate of drug-likeness (QED) is 0.204. The van der Waals surface area contributed by atoms with Crippen LogP contribution in [0.1, 0.15) is 78.0 Å². The van der Waals surface area contributed by atoms with E-state index in [1.807, 2.05) is 71.9 Å². The number of phenols is 1. The molecule has 39 heavy (non-hydrogen) atoms. The fraction of sp³-hybridized carbons (Fsp3) is 0.375. The summed E-state index contributed by atoms with van der Waals surface area (Å²) in [6.07, 6.45) is 1.21. The van der Waals surface area contributed by atoms with E-state index in [4.69, 9.17) is 0 Å². The molecule has 206 valence electrons. The van der Waals surface area contributed by atoms with Crippen LogP contribution >= 0.6 is 23.5 Å². The minimum absolute atomic E-state index is 0.0795. The van der Waals surface area contributed by atoms with E-state index in [0.29, 0.717) is 11.4 Å². The highest BCUT2D eigenvalue weighted by atomic mass is 32.2. The van der Waals surface area contributed by atoms with E-state index < -0.39 is 0 Å². The van der Waals surface area contributed by atoms with Crippen molar-refractivity contribution in [2.75, 3.05) is 10.6 Å². The first kappa shape index (κ1) is 29.1. The van der Waals surface area contributed by atoms with Crippen LogP contribution in [0.25, 0.3) is 0 Å². The van der Waals surface area contributed by atoms with Crippen LogP contribution in [-0.4, -0.2) is 16.1 Å². The molecule has 0 saturated carbocycles. The van der Waals surface area contributed by atoms with Crippen molar-refractivity contribution in [2.24, 2.45) is 0 Å². The second-order valence-electron chi connectivity index (χ2n) is 12.0. The van der Waals surface area contributed by atoms with E-state index in [0.717, 1.165) is 50.5 Å². The van der Waals surface area contributed by atoms with Gasteiger partial charge in [-0.1, -0.05) is 78.1 Å². The van der Waals surface area contributed by atoms with Crippen molar-refractivity contribution in [1.29, 1.82) is 0 Å². The highest BCUT2D eigenvalue weighted by Crippen LogP contribution is 2.45. The fourth-order valence-corrected chi connectivity index (χ4v) is 6.37. The summed E-state index contributed by atoms with van der Waals surface area (Å²) < 4.78 is 0. The van der Waals surface area contributed by atoms with Crippen molar-refractivity contribution < 1.29 is 14.7 Å². The van der Waals surface area contributed by atoms with Crippen molar-refractivity contribution in [2.45, 2.75) is 93.2 Å². The van der Waals surface area contributed by atoms with Gasteiger partial charge in [-0.3, -0.25) is 9.59 Å². The van der Waals surface area contributed by atoms with E-state index >= 15 is 0 Å². The van der Waals surface area contributed by atoms with Crippen molar-refractivity contribution in [3.8, 4) is 5.75 Å². The summed E-state index contributed by atoms with van der Waals surface area (Å²) >= 11 is 2.82. The summed E-state index contributed by atoms with van der Waals surface area (Å²) in [7, 11) is 0. The molecule has 1 amide bonds. The molecule has 0 saturated heterocycles. The number of thioether (sulfide) groups is 1. The Morgan fingerprint density at radius 2 is 1.46 bits per heavy atom. The number of carbonyl (C=O) groups is 2. The number of hydrogen-bond donors (Lipinski definition) is 3. The average Bonchev–Trinajstić information content (AvgIpc) is 2.85. The zero-order valence-corrected chi connectivity index (χ0v) is 25.5. The third kappa shape index (κ3) is 7.00. The molecule has 1 heterocycles. The summed E-state index contributed by atoms with van der Waals surface area (Å²) in [5, 5.41) is 17.3. The van der Waals surface area contributed by atoms with Gasteiger partial charge in [-0.15, -0.1) is 0 Å². The smallest absolute Gasteiger partial charge is 0.224 e. The predicted octanol–water partition coefficient (Wildman–Crippen LogP) is 8.80. The molecule has 0 unspecified atom stereocenters. The zero-order chi connectivity index (χ0) is 28.5. The molecule has 7 heteroatoms. The number of benzene rings is 3. The standard InChI is InChI=1S/C32H38N2O3S2/c1-8-19-9-11-24-26(15-19)39-27-16-20(10-12-25(27)34-24)33-28(35)13-14-29(36)38-21-17-22(31(2,3)4)30(37)23(18-21)32(5,6)7/h9-12,15-18,34,37H,8,13-14H2,1-7H3,(H,33,35). The van der Waals surface area contributed by atoms with Gasteiger partial charge in [-0.05, 0) is 65.3 Å². The van der Waals surface area contributed by atoms with Gasteiger partial charge >= 0.3 is 0 Å². The maximum absolute atomic E-state index is 12.8. The number of aromatic hydroxyl groups is 1. The molecule has 0 aliphatic carbocycles. The number of hydrogen-bond acceptors (Lipinski definition) is 6. The van der Waals surface area contributed by atoms with Gasteiger partial charge in [0.15, 0.2) is 5.12 Å². The molecule has 1 aliphatic heterocycles. The largest absolute Gasteiger partial charge is 0.507 e. The van der Waals surface area contributed by atoms with Crippen LogP contribution in [0.4, 0.5) is 17.1 Å². The van der Waals surface area contributed by atoms with E-state index in [-0.39, 0.29) is 34.7 Å². The lowest BCUT2D eigenvalue weighted by atomic mass is 9.79. The van der Waals surface area contributed by atoms with Gasteiger partial charge in [-0.2, -0.15) is 0 Å². The number of nitrogens with one attached hydrogen (secondary N) is 2. The molecule has 0 radical (unpaired) electrons. The highest BCUT2D eigenvalue weighted by Gasteiger charge is 2.27. The summed E-state index contributed by atoms with van der Waals surface area (Å²) in [4.78, 5) is 28.6. The normalized spacial score (nSPS) is 12.8. The van der Waals surface area contributed by atoms with Crippen LogP contribution in [0.3, 0.4) is 0 Å². The predicted molar refractivity (Wildman–Crippen MR) is 164 cm³/mol. The molecule has 0 bridgehead atoms. The van der Waals surface area contributed by atoms with E-state index in [1.165, 1.54) is 10.5 Å². The Morgan fingerprint density at radius 1 is 0.872 bits per heavy atom. The zero-order valence-electron chi connectivity index (χ0n) is 23.8. The van der Waals surface area contributed by atoms with Crippen molar-refractivity contribution >= 4 is 51.6 Å². The number of carbonyl (C=O) groups excluding carboxylic acids is 2. The lowest BCUT2D eigenvalue weighted by Gasteiger charge is -2.28. The molecule has 1 aliphatic rings. The average molecular weight is 563 g/mol. The van der Waals surface area contributed by atoms with Gasteiger partial charge in [0.25, 0.3) is 0 Å². The lowest BCUT2D eigenvalue weighted by molar-refractivity contribution is -0.119. The Hall–Kier alpha value is -2.90. The lowest BCUT2D eigenvalue weighted by Crippen LogP contribution is -2.17. The summed E-state index contributed by atoms with van der Waals surface area (Å²) in [6.45, 7) is 14.4. The number of rotatable bonds is 6. The molecule has 3 aromatic carbocycles.